The van der Waals surface area contributed by atoms with Gasteiger partial charge in [0.25, 0.3) is 0 Å². The molecule has 1 fully saturated rings. The maximum Gasteiger partial charge on any atom is 0.119 e. The van der Waals surface area contributed by atoms with E-state index in [4.69, 9.17) is 15.2 Å². The molecule has 134 valence electrons. The lowest BCUT2D eigenvalue weighted by Gasteiger charge is -2.51. The maximum atomic E-state index is 5.74. The molecule has 4 nitrogen and oxygen atoms in total. The summed E-state index contributed by atoms with van der Waals surface area (Å²) in [6.07, 6.45) is 1.04. The van der Waals surface area contributed by atoms with E-state index in [0.717, 1.165) is 38.4 Å². The number of rotatable bonds is 9. The Labute approximate surface area is 150 Å². The van der Waals surface area contributed by atoms with Gasteiger partial charge in [0.05, 0.1) is 6.61 Å². The summed E-state index contributed by atoms with van der Waals surface area (Å²) in [5.41, 5.74) is 8.42. The Bertz CT molecular complexity index is 654. The van der Waals surface area contributed by atoms with Crippen molar-refractivity contribution in [2.24, 2.45) is 5.73 Å². The second-order valence-corrected chi connectivity index (χ2v) is 6.81. The minimum atomic E-state index is 0.136. The second-order valence-electron chi connectivity index (χ2n) is 6.81. The van der Waals surface area contributed by atoms with Crippen molar-refractivity contribution in [3.63, 3.8) is 0 Å². The fourth-order valence-corrected chi connectivity index (χ4v) is 3.66. The van der Waals surface area contributed by atoms with Crippen LogP contribution in [0, 0.1) is 0 Å². The Morgan fingerprint density at radius 1 is 1.04 bits per heavy atom. The van der Waals surface area contributed by atoms with E-state index >= 15 is 0 Å². The molecule has 0 bridgehead atoms. The molecule has 3 rings (SSSR count). The molecule has 25 heavy (non-hydrogen) atoms. The number of benzene rings is 2. The summed E-state index contributed by atoms with van der Waals surface area (Å²) in [6.45, 7) is 4.94. The van der Waals surface area contributed by atoms with Crippen molar-refractivity contribution in [2.75, 3.05) is 46.5 Å². The summed E-state index contributed by atoms with van der Waals surface area (Å²) in [7, 11) is 1.76. The van der Waals surface area contributed by atoms with Crippen molar-refractivity contribution in [1.82, 2.24) is 4.90 Å². The monoisotopic (exact) mass is 340 g/mol. The van der Waals surface area contributed by atoms with Gasteiger partial charge in [-0.05, 0) is 29.7 Å². The minimum absolute atomic E-state index is 0.136. The Balaban J connectivity index is 1.80. The van der Waals surface area contributed by atoms with Crippen molar-refractivity contribution in [3.05, 3.63) is 65.7 Å². The molecule has 0 atom stereocenters. The number of hydrogen-bond donors (Lipinski definition) is 1. The molecule has 1 aliphatic heterocycles. The first-order chi connectivity index (χ1) is 12.3. The van der Waals surface area contributed by atoms with Crippen LogP contribution in [0.1, 0.15) is 11.1 Å². The van der Waals surface area contributed by atoms with Crippen LogP contribution in [-0.4, -0.2) is 51.4 Å². The highest BCUT2D eigenvalue weighted by atomic mass is 16.5. The van der Waals surface area contributed by atoms with E-state index < -0.39 is 0 Å². The third-order valence-corrected chi connectivity index (χ3v) is 4.88. The van der Waals surface area contributed by atoms with E-state index in [1.165, 1.54) is 11.1 Å². The van der Waals surface area contributed by atoms with Crippen molar-refractivity contribution in [3.8, 4) is 5.75 Å². The minimum Gasteiger partial charge on any atom is -0.492 e. The standard InChI is InChI=1S/C21H28N2O2/c1-24-13-11-23-16-21(17-23,15-18-6-3-2-4-7-18)19-8-5-9-20(14-19)25-12-10-22/h2-9,14H,10-13,15-17,22H2,1H3. The number of nitrogens with zero attached hydrogens (tertiary/aromatic N) is 1. The van der Waals surface area contributed by atoms with E-state index in [1.807, 2.05) is 6.07 Å². The summed E-state index contributed by atoms with van der Waals surface area (Å²) >= 11 is 0. The van der Waals surface area contributed by atoms with E-state index in [-0.39, 0.29) is 5.41 Å². The number of nitrogens with two attached hydrogens (primary N) is 1. The van der Waals surface area contributed by atoms with Gasteiger partial charge in [0.2, 0.25) is 0 Å². The van der Waals surface area contributed by atoms with Crippen LogP contribution in [0.4, 0.5) is 0 Å². The van der Waals surface area contributed by atoms with E-state index in [0.29, 0.717) is 13.2 Å². The maximum absolute atomic E-state index is 5.74. The second kappa shape index (κ2) is 8.48. The van der Waals surface area contributed by atoms with Gasteiger partial charge in [0, 0.05) is 38.7 Å². The first-order valence-corrected chi connectivity index (χ1v) is 8.94. The molecule has 1 heterocycles. The van der Waals surface area contributed by atoms with Gasteiger partial charge in [0.1, 0.15) is 12.4 Å². The van der Waals surface area contributed by atoms with Crippen molar-refractivity contribution in [1.29, 1.82) is 0 Å². The predicted octanol–water partition coefficient (Wildman–Crippen LogP) is 2.47. The number of methoxy groups -OCH3 is 1. The van der Waals surface area contributed by atoms with Crippen molar-refractivity contribution in [2.45, 2.75) is 11.8 Å². The van der Waals surface area contributed by atoms with Crippen LogP contribution in [0.2, 0.25) is 0 Å². The average Bonchev–Trinajstić information content (AvgIpc) is 2.63. The van der Waals surface area contributed by atoms with E-state index in [2.05, 4.69) is 53.4 Å². The van der Waals surface area contributed by atoms with Gasteiger partial charge in [-0.25, -0.2) is 0 Å². The quantitative estimate of drug-likeness (QED) is 0.762. The first kappa shape index (κ1) is 17.9. The largest absolute Gasteiger partial charge is 0.492 e. The smallest absolute Gasteiger partial charge is 0.119 e. The van der Waals surface area contributed by atoms with Gasteiger partial charge >= 0.3 is 0 Å². The lowest BCUT2D eigenvalue weighted by atomic mass is 9.69. The topological polar surface area (TPSA) is 47.7 Å². The van der Waals surface area contributed by atoms with Crippen LogP contribution in [0.25, 0.3) is 0 Å². The Morgan fingerprint density at radius 3 is 2.56 bits per heavy atom. The molecule has 1 saturated heterocycles. The lowest BCUT2D eigenvalue weighted by molar-refractivity contribution is 0.0387. The van der Waals surface area contributed by atoms with Crippen molar-refractivity contribution < 1.29 is 9.47 Å². The zero-order valence-electron chi connectivity index (χ0n) is 15.0. The third kappa shape index (κ3) is 4.40. The van der Waals surface area contributed by atoms with Crippen LogP contribution < -0.4 is 10.5 Å². The highest BCUT2D eigenvalue weighted by Gasteiger charge is 2.44. The normalized spacial score (nSPS) is 16.4. The molecule has 0 amide bonds. The van der Waals surface area contributed by atoms with Gasteiger partial charge in [-0.15, -0.1) is 0 Å². The zero-order valence-corrected chi connectivity index (χ0v) is 15.0. The number of hydrogen-bond acceptors (Lipinski definition) is 4. The van der Waals surface area contributed by atoms with Gasteiger partial charge < -0.3 is 15.2 Å². The van der Waals surface area contributed by atoms with Gasteiger partial charge in [0.15, 0.2) is 0 Å². The highest BCUT2D eigenvalue weighted by Crippen LogP contribution is 2.39. The zero-order chi connectivity index (χ0) is 17.5. The Kier molecular flexibility index (Phi) is 6.08. The highest BCUT2D eigenvalue weighted by molar-refractivity contribution is 5.38. The molecule has 2 aromatic rings. The fourth-order valence-electron chi connectivity index (χ4n) is 3.66. The summed E-state index contributed by atoms with van der Waals surface area (Å²) < 4.78 is 11.0. The third-order valence-electron chi connectivity index (χ3n) is 4.88. The SMILES string of the molecule is COCCN1CC(Cc2ccccc2)(c2cccc(OCCN)c2)C1. The molecular weight excluding hydrogens is 312 g/mol. The summed E-state index contributed by atoms with van der Waals surface area (Å²) in [5, 5.41) is 0. The lowest BCUT2D eigenvalue weighted by Crippen LogP contribution is -2.61. The molecule has 0 saturated carbocycles. The Hall–Kier alpha value is -1.88. The number of likely N-dealkylation sites (tertiary alicyclic amines) is 1. The molecule has 0 spiro atoms. The van der Waals surface area contributed by atoms with Gasteiger partial charge in [-0.2, -0.15) is 0 Å². The molecule has 0 unspecified atom stereocenters. The molecular formula is C21H28N2O2. The van der Waals surface area contributed by atoms with Crippen molar-refractivity contribution >= 4 is 0 Å². The van der Waals surface area contributed by atoms with E-state index in [1.54, 1.807) is 7.11 Å². The Morgan fingerprint density at radius 2 is 1.84 bits per heavy atom. The number of ether oxygens (including phenoxy) is 2. The average molecular weight is 340 g/mol. The van der Waals surface area contributed by atoms with Gasteiger partial charge in [-0.1, -0.05) is 42.5 Å². The molecule has 0 aromatic heterocycles. The van der Waals surface area contributed by atoms with Gasteiger partial charge in [-0.3, -0.25) is 4.90 Å². The predicted molar refractivity (Wildman–Crippen MR) is 101 cm³/mol. The molecule has 0 aliphatic carbocycles. The van der Waals surface area contributed by atoms with Crippen LogP contribution in [0.5, 0.6) is 5.75 Å². The molecule has 0 radical (unpaired) electrons. The summed E-state index contributed by atoms with van der Waals surface area (Å²) in [5.74, 6) is 0.908. The molecule has 1 aliphatic rings. The first-order valence-electron chi connectivity index (χ1n) is 8.94. The van der Waals surface area contributed by atoms with Crippen LogP contribution in [-0.2, 0) is 16.6 Å². The summed E-state index contributed by atoms with van der Waals surface area (Å²) in [4.78, 5) is 2.46. The fraction of sp³-hybridized carbons (Fsp3) is 0.429. The molecule has 2 N–H and O–H groups in total. The van der Waals surface area contributed by atoms with Crippen LogP contribution >= 0.6 is 0 Å². The van der Waals surface area contributed by atoms with Crippen LogP contribution in [0.15, 0.2) is 54.6 Å². The summed E-state index contributed by atoms with van der Waals surface area (Å²) in [6, 6.07) is 19.3. The molecule has 2 aromatic carbocycles. The van der Waals surface area contributed by atoms with Crippen LogP contribution in [0.3, 0.4) is 0 Å². The van der Waals surface area contributed by atoms with E-state index in [9.17, 15) is 0 Å². The molecule has 4 heteroatoms.